The molecule has 0 bridgehead atoms. The van der Waals surface area contributed by atoms with Gasteiger partial charge in [0.1, 0.15) is 17.9 Å². The van der Waals surface area contributed by atoms with Gasteiger partial charge in [0.25, 0.3) is 0 Å². The Morgan fingerprint density at radius 3 is 2.43 bits per heavy atom. The van der Waals surface area contributed by atoms with Crippen LogP contribution in [0, 0.1) is 0 Å². The van der Waals surface area contributed by atoms with E-state index in [1.54, 1.807) is 6.92 Å². The van der Waals surface area contributed by atoms with E-state index in [2.05, 4.69) is 32.2 Å². The Morgan fingerprint density at radius 2 is 1.90 bits per heavy atom. The minimum atomic E-state index is -0.846. The van der Waals surface area contributed by atoms with Crippen molar-refractivity contribution in [3.63, 3.8) is 0 Å². The zero-order valence-corrected chi connectivity index (χ0v) is 13.9. The SMILES string of the molecule is CCNC(C)(COc1cccc(C(C)(C)C)c1)C(=O)OC. The Hall–Kier alpha value is -1.55. The summed E-state index contributed by atoms with van der Waals surface area (Å²) in [5.41, 5.74) is 0.414. The highest BCUT2D eigenvalue weighted by Crippen LogP contribution is 2.26. The van der Waals surface area contributed by atoms with Crippen molar-refractivity contribution >= 4 is 5.97 Å². The first-order valence-electron chi connectivity index (χ1n) is 7.29. The smallest absolute Gasteiger partial charge is 0.329 e. The van der Waals surface area contributed by atoms with E-state index < -0.39 is 5.54 Å². The highest BCUT2D eigenvalue weighted by atomic mass is 16.5. The van der Waals surface area contributed by atoms with Crippen LogP contribution in [-0.2, 0) is 14.9 Å². The summed E-state index contributed by atoms with van der Waals surface area (Å²) in [4.78, 5) is 11.9. The molecule has 21 heavy (non-hydrogen) atoms. The van der Waals surface area contributed by atoms with Crippen molar-refractivity contribution < 1.29 is 14.3 Å². The largest absolute Gasteiger partial charge is 0.491 e. The van der Waals surface area contributed by atoms with E-state index in [1.165, 1.54) is 12.7 Å². The zero-order chi connectivity index (χ0) is 16.1. The molecule has 0 aliphatic heterocycles. The number of benzene rings is 1. The summed E-state index contributed by atoms with van der Waals surface area (Å²) in [6.07, 6.45) is 0. The van der Waals surface area contributed by atoms with Crippen molar-refractivity contribution in [3.05, 3.63) is 29.8 Å². The van der Waals surface area contributed by atoms with Gasteiger partial charge in [-0.1, -0.05) is 39.8 Å². The van der Waals surface area contributed by atoms with Gasteiger partial charge in [0.2, 0.25) is 0 Å². The third-order valence-corrected chi connectivity index (χ3v) is 3.43. The number of carbonyl (C=O) groups is 1. The molecule has 0 aromatic heterocycles. The van der Waals surface area contributed by atoms with Gasteiger partial charge < -0.3 is 9.47 Å². The van der Waals surface area contributed by atoms with E-state index in [9.17, 15) is 4.79 Å². The Kier molecular flexibility index (Phi) is 5.78. The van der Waals surface area contributed by atoms with Gasteiger partial charge in [-0.15, -0.1) is 0 Å². The fourth-order valence-corrected chi connectivity index (χ4v) is 2.08. The van der Waals surface area contributed by atoms with E-state index >= 15 is 0 Å². The Bertz CT molecular complexity index is 479. The maximum absolute atomic E-state index is 11.9. The third-order valence-electron chi connectivity index (χ3n) is 3.43. The van der Waals surface area contributed by atoms with Crippen molar-refractivity contribution in [2.24, 2.45) is 0 Å². The average Bonchev–Trinajstić information content (AvgIpc) is 2.44. The minimum Gasteiger partial charge on any atom is -0.491 e. The molecule has 0 aliphatic rings. The Labute approximate surface area is 127 Å². The summed E-state index contributed by atoms with van der Waals surface area (Å²) in [6, 6.07) is 7.97. The van der Waals surface area contributed by atoms with Gasteiger partial charge in [-0.2, -0.15) is 0 Å². The van der Waals surface area contributed by atoms with Crippen LogP contribution < -0.4 is 10.1 Å². The standard InChI is InChI=1S/C17H27NO3/c1-7-18-17(5,15(19)20-6)12-21-14-10-8-9-13(11-14)16(2,3)4/h8-11,18H,7,12H2,1-6H3. The molecule has 118 valence electrons. The van der Waals surface area contributed by atoms with Gasteiger partial charge in [-0.05, 0) is 36.6 Å². The minimum absolute atomic E-state index is 0.0622. The number of ether oxygens (including phenoxy) is 2. The van der Waals surface area contributed by atoms with Gasteiger partial charge in [0.05, 0.1) is 7.11 Å². The van der Waals surface area contributed by atoms with Gasteiger partial charge in [-0.25, -0.2) is 4.79 Å². The third kappa shape index (κ3) is 4.74. The molecule has 1 N–H and O–H groups in total. The van der Waals surface area contributed by atoms with Crippen LogP contribution in [0.25, 0.3) is 0 Å². The highest BCUT2D eigenvalue weighted by molar-refractivity contribution is 5.80. The van der Waals surface area contributed by atoms with Crippen LogP contribution in [0.2, 0.25) is 0 Å². The van der Waals surface area contributed by atoms with Crippen molar-refractivity contribution in [3.8, 4) is 5.75 Å². The fraction of sp³-hybridized carbons (Fsp3) is 0.588. The predicted octanol–water partition coefficient (Wildman–Crippen LogP) is 2.90. The molecule has 4 heteroatoms. The molecular weight excluding hydrogens is 266 g/mol. The Morgan fingerprint density at radius 1 is 1.24 bits per heavy atom. The van der Waals surface area contributed by atoms with Crippen LogP contribution in [0.5, 0.6) is 5.75 Å². The number of carbonyl (C=O) groups excluding carboxylic acids is 1. The second kappa shape index (κ2) is 6.94. The average molecular weight is 293 g/mol. The molecule has 1 aromatic rings. The summed E-state index contributed by atoms with van der Waals surface area (Å²) in [5.74, 6) is 0.437. The van der Waals surface area contributed by atoms with E-state index in [-0.39, 0.29) is 18.0 Å². The molecule has 1 aromatic carbocycles. The lowest BCUT2D eigenvalue weighted by Gasteiger charge is -2.27. The molecule has 1 unspecified atom stereocenters. The molecule has 0 spiro atoms. The quantitative estimate of drug-likeness (QED) is 0.819. The van der Waals surface area contributed by atoms with Crippen molar-refractivity contribution in [1.82, 2.24) is 5.32 Å². The van der Waals surface area contributed by atoms with Crippen molar-refractivity contribution in [2.45, 2.75) is 45.6 Å². The molecule has 0 radical (unpaired) electrons. The normalized spacial score (nSPS) is 14.4. The predicted molar refractivity (Wildman–Crippen MR) is 84.7 cm³/mol. The fourth-order valence-electron chi connectivity index (χ4n) is 2.08. The molecular formula is C17H27NO3. The summed E-state index contributed by atoms with van der Waals surface area (Å²) in [6.45, 7) is 11.1. The van der Waals surface area contributed by atoms with Crippen LogP contribution in [0.3, 0.4) is 0 Å². The van der Waals surface area contributed by atoms with Crippen molar-refractivity contribution in [2.75, 3.05) is 20.3 Å². The molecule has 0 heterocycles. The van der Waals surface area contributed by atoms with Crippen LogP contribution >= 0.6 is 0 Å². The number of methoxy groups -OCH3 is 1. The summed E-state index contributed by atoms with van der Waals surface area (Å²) < 4.78 is 10.7. The second-order valence-electron chi connectivity index (χ2n) is 6.42. The zero-order valence-electron chi connectivity index (χ0n) is 13.9. The molecule has 1 atom stereocenters. The summed E-state index contributed by atoms with van der Waals surface area (Å²) in [5, 5.41) is 3.13. The van der Waals surface area contributed by atoms with E-state index in [1.807, 2.05) is 25.1 Å². The van der Waals surface area contributed by atoms with Gasteiger partial charge in [-0.3, -0.25) is 5.32 Å². The first-order chi connectivity index (χ1) is 9.73. The number of esters is 1. The molecule has 0 saturated carbocycles. The van der Waals surface area contributed by atoms with E-state index in [0.717, 1.165) is 5.75 Å². The lowest BCUT2D eigenvalue weighted by atomic mass is 9.87. The van der Waals surface area contributed by atoms with Crippen LogP contribution in [-0.4, -0.2) is 31.8 Å². The number of rotatable bonds is 6. The Balaban J connectivity index is 2.84. The number of hydrogen-bond donors (Lipinski definition) is 1. The lowest BCUT2D eigenvalue weighted by Crippen LogP contribution is -2.54. The van der Waals surface area contributed by atoms with E-state index in [0.29, 0.717) is 6.54 Å². The van der Waals surface area contributed by atoms with Gasteiger partial charge in [0.15, 0.2) is 0 Å². The van der Waals surface area contributed by atoms with Gasteiger partial charge in [0, 0.05) is 0 Å². The highest BCUT2D eigenvalue weighted by Gasteiger charge is 2.34. The topological polar surface area (TPSA) is 47.6 Å². The number of likely N-dealkylation sites (N-methyl/N-ethyl adjacent to an activating group) is 1. The van der Waals surface area contributed by atoms with E-state index in [4.69, 9.17) is 9.47 Å². The van der Waals surface area contributed by atoms with Crippen molar-refractivity contribution in [1.29, 1.82) is 0 Å². The van der Waals surface area contributed by atoms with Gasteiger partial charge >= 0.3 is 5.97 Å². The van der Waals surface area contributed by atoms with Crippen LogP contribution in [0.1, 0.15) is 40.2 Å². The maximum atomic E-state index is 11.9. The summed E-state index contributed by atoms with van der Waals surface area (Å²) in [7, 11) is 1.39. The maximum Gasteiger partial charge on any atom is 0.329 e. The second-order valence-corrected chi connectivity index (χ2v) is 6.42. The monoisotopic (exact) mass is 293 g/mol. The molecule has 0 amide bonds. The number of hydrogen-bond acceptors (Lipinski definition) is 4. The first kappa shape index (κ1) is 17.5. The van der Waals surface area contributed by atoms with Crippen LogP contribution in [0.4, 0.5) is 0 Å². The lowest BCUT2D eigenvalue weighted by molar-refractivity contribution is -0.149. The number of nitrogens with one attached hydrogen (secondary N) is 1. The molecule has 4 nitrogen and oxygen atoms in total. The molecule has 1 rings (SSSR count). The summed E-state index contributed by atoms with van der Waals surface area (Å²) >= 11 is 0. The van der Waals surface area contributed by atoms with Crippen LogP contribution in [0.15, 0.2) is 24.3 Å². The first-order valence-corrected chi connectivity index (χ1v) is 7.29. The molecule has 0 fully saturated rings. The molecule has 0 saturated heterocycles. The molecule has 0 aliphatic carbocycles.